The highest BCUT2D eigenvalue weighted by atomic mass is 35.5. The van der Waals surface area contributed by atoms with E-state index in [4.69, 9.17) is 23.2 Å². The van der Waals surface area contributed by atoms with Gasteiger partial charge in [-0.15, -0.1) is 0 Å². The van der Waals surface area contributed by atoms with E-state index in [1.165, 1.54) is 5.56 Å². The number of rotatable bonds is 4. The first-order chi connectivity index (χ1) is 11.6. The van der Waals surface area contributed by atoms with Crippen LogP contribution in [0.1, 0.15) is 15.9 Å². The van der Waals surface area contributed by atoms with Crippen molar-refractivity contribution in [2.45, 2.75) is 6.42 Å². The van der Waals surface area contributed by atoms with Crippen LogP contribution in [0.25, 0.3) is 0 Å². The van der Waals surface area contributed by atoms with Crippen LogP contribution in [-0.2, 0) is 6.42 Å². The Morgan fingerprint density at radius 1 is 0.958 bits per heavy atom. The van der Waals surface area contributed by atoms with E-state index in [1.807, 2.05) is 35.2 Å². The van der Waals surface area contributed by atoms with Gasteiger partial charge in [0.05, 0.1) is 10.6 Å². The molecule has 2 aromatic rings. The largest absolute Gasteiger partial charge is 0.336 e. The summed E-state index contributed by atoms with van der Waals surface area (Å²) in [6, 6.07) is 15.2. The highest BCUT2D eigenvalue weighted by Gasteiger charge is 2.23. The number of carbonyl (C=O) groups is 1. The average molecular weight is 363 g/mol. The zero-order valence-electron chi connectivity index (χ0n) is 13.4. The number of amides is 1. The van der Waals surface area contributed by atoms with Crippen molar-refractivity contribution < 1.29 is 4.79 Å². The third-order valence-electron chi connectivity index (χ3n) is 4.37. The van der Waals surface area contributed by atoms with Crippen LogP contribution in [0, 0.1) is 0 Å². The van der Waals surface area contributed by atoms with E-state index in [-0.39, 0.29) is 5.91 Å². The molecule has 0 atom stereocenters. The molecule has 0 saturated carbocycles. The molecule has 0 N–H and O–H groups in total. The minimum Gasteiger partial charge on any atom is -0.336 e. The van der Waals surface area contributed by atoms with Crippen molar-refractivity contribution in [2.24, 2.45) is 0 Å². The molecule has 1 fully saturated rings. The van der Waals surface area contributed by atoms with Crippen molar-refractivity contribution in [2.75, 3.05) is 32.7 Å². The monoisotopic (exact) mass is 362 g/mol. The van der Waals surface area contributed by atoms with Gasteiger partial charge >= 0.3 is 0 Å². The molecule has 1 amide bonds. The molecule has 0 aliphatic carbocycles. The molecule has 3 rings (SSSR count). The number of hydrogen-bond donors (Lipinski definition) is 0. The fraction of sp³-hybridized carbons (Fsp3) is 0.316. The lowest BCUT2D eigenvalue weighted by Crippen LogP contribution is -2.49. The lowest BCUT2D eigenvalue weighted by atomic mass is 10.1. The predicted molar refractivity (Wildman–Crippen MR) is 99.0 cm³/mol. The Morgan fingerprint density at radius 2 is 1.71 bits per heavy atom. The van der Waals surface area contributed by atoms with Crippen LogP contribution in [0.15, 0.2) is 48.5 Å². The van der Waals surface area contributed by atoms with Gasteiger partial charge in [0, 0.05) is 37.7 Å². The normalized spacial score (nSPS) is 15.5. The first-order valence-electron chi connectivity index (χ1n) is 8.14. The molecule has 1 heterocycles. The Labute approximate surface area is 152 Å². The van der Waals surface area contributed by atoms with Crippen molar-refractivity contribution in [1.82, 2.24) is 9.80 Å². The second-order valence-corrected chi connectivity index (χ2v) is 6.84. The van der Waals surface area contributed by atoms with Gasteiger partial charge in [0.1, 0.15) is 0 Å². The number of piperazine rings is 1. The van der Waals surface area contributed by atoms with Crippen molar-refractivity contribution in [1.29, 1.82) is 0 Å². The molecule has 1 aliphatic heterocycles. The second kappa shape index (κ2) is 8.02. The zero-order chi connectivity index (χ0) is 16.9. The maximum atomic E-state index is 12.6. The molecule has 24 heavy (non-hydrogen) atoms. The third-order valence-corrected chi connectivity index (χ3v) is 4.93. The molecular weight excluding hydrogens is 343 g/mol. The highest BCUT2D eigenvalue weighted by Crippen LogP contribution is 2.18. The summed E-state index contributed by atoms with van der Waals surface area (Å²) >= 11 is 12.2. The van der Waals surface area contributed by atoms with Crippen molar-refractivity contribution >= 4 is 29.1 Å². The van der Waals surface area contributed by atoms with E-state index in [2.05, 4.69) is 11.0 Å². The van der Waals surface area contributed by atoms with Gasteiger partial charge in [-0.2, -0.15) is 0 Å². The van der Waals surface area contributed by atoms with Crippen LogP contribution in [0.3, 0.4) is 0 Å². The van der Waals surface area contributed by atoms with Gasteiger partial charge < -0.3 is 4.90 Å². The molecule has 3 nitrogen and oxygen atoms in total. The van der Waals surface area contributed by atoms with Crippen LogP contribution >= 0.6 is 23.2 Å². The lowest BCUT2D eigenvalue weighted by molar-refractivity contribution is 0.0638. The summed E-state index contributed by atoms with van der Waals surface area (Å²) in [5.74, 6) is 0.0232. The first-order valence-corrected chi connectivity index (χ1v) is 8.90. The molecule has 0 bridgehead atoms. The number of nitrogens with zero attached hydrogens (tertiary/aromatic N) is 2. The summed E-state index contributed by atoms with van der Waals surface area (Å²) < 4.78 is 0. The van der Waals surface area contributed by atoms with Crippen molar-refractivity contribution in [3.05, 3.63) is 69.7 Å². The van der Waals surface area contributed by atoms with Crippen LogP contribution in [0.4, 0.5) is 0 Å². The van der Waals surface area contributed by atoms with E-state index in [0.717, 1.165) is 44.2 Å². The van der Waals surface area contributed by atoms with Gasteiger partial charge in [-0.3, -0.25) is 9.69 Å². The number of carbonyl (C=O) groups excluding carboxylic acids is 1. The summed E-state index contributed by atoms with van der Waals surface area (Å²) in [5.41, 5.74) is 1.84. The predicted octanol–water partition coefficient (Wildman–Crippen LogP) is 3.99. The Kier molecular flexibility index (Phi) is 5.77. The van der Waals surface area contributed by atoms with E-state index in [0.29, 0.717) is 10.6 Å². The molecule has 0 radical (unpaired) electrons. The van der Waals surface area contributed by atoms with Gasteiger partial charge in [-0.25, -0.2) is 0 Å². The molecular formula is C19H20Cl2N2O. The van der Waals surface area contributed by atoms with Crippen molar-refractivity contribution in [3.8, 4) is 0 Å². The summed E-state index contributed by atoms with van der Waals surface area (Å²) in [6.45, 7) is 4.22. The van der Waals surface area contributed by atoms with Crippen LogP contribution in [0.5, 0.6) is 0 Å². The quantitative estimate of drug-likeness (QED) is 0.820. The van der Waals surface area contributed by atoms with Crippen LogP contribution in [0.2, 0.25) is 10.0 Å². The van der Waals surface area contributed by atoms with Crippen molar-refractivity contribution in [3.63, 3.8) is 0 Å². The number of benzene rings is 2. The fourth-order valence-corrected chi connectivity index (χ4v) is 3.39. The minimum atomic E-state index is 0.0232. The molecule has 0 unspecified atom stereocenters. The van der Waals surface area contributed by atoms with E-state index >= 15 is 0 Å². The Morgan fingerprint density at radius 3 is 2.42 bits per heavy atom. The molecule has 0 spiro atoms. The van der Waals surface area contributed by atoms with Crippen LogP contribution < -0.4 is 0 Å². The topological polar surface area (TPSA) is 23.6 Å². The zero-order valence-corrected chi connectivity index (χ0v) is 14.9. The Hall–Kier alpha value is -1.55. The maximum absolute atomic E-state index is 12.6. The summed E-state index contributed by atoms with van der Waals surface area (Å²) in [6.07, 6.45) is 0.971. The number of halogens is 2. The molecule has 1 saturated heterocycles. The summed E-state index contributed by atoms with van der Waals surface area (Å²) in [7, 11) is 0. The van der Waals surface area contributed by atoms with E-state index in [1.54, 1.807) is 12.1 Å². The first kappa shape index (κ1) is 17.3. The average Bonchev–Trinajstić information content (AvgIpc) is 2.60. The standard InChI is InChI=1S/C19H20Cl2N2O/c20-16-5-3-4-15(14-16)8-9-22-10-12-23(13-11-22)19(24)17-6-1-2-7-18(17)21/h1-7,14H,8-13H2. The highest BCUT2D eigenvalue weighted by molar-refractivity contribution is 6.33. The Bertz CT molecular complexity index is 712. The Balaban J connectivity index is 1.51. The summed E-state index contributed by atoms with van der Waals surface area (Å²) in [4.78, 5) is 16.8. The van der Waals surface area contributed by atoms with Gasteiger partial charge in [-0.05, 0) is 36.2 Å². The van der Waals surface area contributed by atoms with Gasteiger partial charge in [0.2, 0.25) is 0 Å². The lowest BCUT2D eigenvalue weighted by Gasteiger charge is -2.35. The molecule has 126 valence electrons. The number of hydrogen-bond acceptors (Lipinski definition) is 2. The SMILES string of the molecule is O=C(c1ccccc1Cl)N1CCN(CCc2cccc(Cl)c2)CC1. The van der Waals surface area contributed by atoms with Gasteiger partial charge in [-0.1, -0.05) is 47.5 Å². The van der Waals surface area contributed by atoms with Gasteiger partial charge in [0.25, 0.3) is 5.91 Å². The molecule has 0 aromatic heterocycles. The third kappa shape index (κ3) is 4.29. The summed E-state index contributed by atoms with van der Waals surface area (Å²) in [5, 5.41) is 1.30. The minimum absolute atomic E-state index is 0.0232. The maximum Gasteiger partial charge on any atom is 0.255 e. The smallest absolute Gasteiger partial charge is 0.255 e. The van der Waals surface area contributed by atoms with E-state index < -0.39 is 0 Å². The van der Waals surface area contributed by atoms with Gasteiger partial charge in [0.15, 0.2) is 0 Å². The molecule has 1 aliphatic rings. The molecule has 2 aromatic carbocycles. The second-order valence-electron chi connectivity index (χ2n) is 5.99. The van der Waals surface area contributed by atoms with Crippen LogP contribution in [-0.4, -0.2) is 48.4 Å². The van der Waals surface area contributed by atoms with E-state index in [9.17, 15) is 4.79 Å². The molecule has 5 heteroatoms. The fourth-order valence-electron chi connectivity index (χ4n) is 2.96.